The highest BCUT2D eigenvalue weighted by molar-refractivity contribution is 5.74. The van der Waals surface area contributed by atoms with E-state index in [2.05, 4.69) is 52.8 Å². The fraction of sp³-hybridized carbons (Fsp3) is 0.636. The molecule has 0 spiro atoms. The SMILES string of the molecule is CCC(NC(=O)NC1CCCCC1C#N)C1CN(Cc2ccccc2)CCO1. The number of amides is 2. The molecule has 2 N–H and O–H groups in total. The van der Waals surface area contributed by atoms with Crippen molar-refractivity contribution >= 4 is 6.03 Å². The Morgan fingerprint density at radius 2 is 2.11 bits per heavy atom. The van der Waals surface area contributed by atoms with Crippen LogP contribution in [-0.4, -0.2) is 48.8 Å². The number of nitriles is 1. The Morgan fingerprint density at radius 1 is 1.32 bits per heavy atom. The van der Waals surface area contributed by atoms with E-state index in [-0.39, 0.29) is 30.1 Å². The molecule has 6 nitrogen and oxygen atoms in total. The Kier molecular flexibility index (Phi) is 7.70. The quantitative estimate of drug-likeness (QED) is 0.790. The molecule has 0 bridgehead atoms. The number of carbonyl (C=O) groups excluding carboxylic acids is 1. The van der Waals surface area contributed by atoms with Crippen LogP contribution in [0, 0.1) is 17.2 Å². The predicted molar refractivity (Wildman–Crippen MR) is 109 cm³/mol. The van der Waals surface area contributed by atoms with Crippen LogP contribution < -0.4 is 10.6 Å². The van der Waals surface area contributed by atoms with Gasteiger partial charge in [0.05, 0.1) is 30.7 Å². The average Bonchev–Trinajstić information content (AvgIpc) is 2.73. The minimum atomic E-state index is -0.178. The molecule has 0 aromatic heterocycles. The Balaban J connectivity index is 1.52. The fourth-order valence-electron chi connectivity index (χ4n) is 4.25. The van der Waals surface area contributed by atoms with Crippen molar-refractivity contribution < 1.29 is 9.53 Å². The number of ether oxygens (including phenoxy) is 1. The number of benzene rings is 1. The smallest absolute Gasteiger partial charge is 0.315 e. The molecular weight excluding hydrogens is 352 g/mol. The lowest BCUT2D eigenvalue weighted by Crippen LogP contribution is -2.56. The molecule has 1 saturated carbocycles. The third-order valence-electron chi connectivity index (χ3n) is 5.88. The number of hydrogen-bond acceptors (Lipinski definition) is 4. The first-order chi connectivity index (χ1) is 13.7. The van der Waals surface area contributed by atoms with E-state index in [9.17, 15) is 10.1 Å². The van der Waals surface area contributed by atoms with Gasteiger partial charge in [0, 0.05) is 25.7 Å². The zero-order valence-corrected chi connectivity index (χ0v) is 16.8. The van der Waals surface area contributed by atoms with Gasteiger partial charge in [-0.15, -0.1) is 0 Å². The van der Waals surface area contributed by atoms with Crippen LogP contribution in [0.5, 0.6) is 0 Å². The summed E-state index contributed by atoms with van der Waals surface area (Å²) in [4.78, 5) is 14.9. The van der Waals surface area contributed by atoms with Gasteiger partial charge in [-0.1, -0.05) is 50.1 Å². The third-order valence-corrected chi connectivity index (χ3v) is 5.88. The first-order valence-electron chi connectivity index (χ1n) is 10.5. The Labute approximate surface area is 168 Å². The standard InChI is InChI=1S/C22H32N4O2/c1-2-19(24-22(27)25-20-11-7-6-10-18(20)14-23)21-16-26(12-13-28-21)15-17-8-4-3-5-9-17/h3-5,8-9,18-21H,2,6-7,10-13,15-16H2,1H3,(H2,24,25,27). The van der Waals surface area contributed by atoms with Crippen LogP contribution in [0.25, 0.3) is 0 Å². The lowest BCUT2D eigenvalue weighted by Gasteiger charge is -2.37. The number of urea groups is 1. The third kappa shape index (κ3) is 5.70. The van der Waals surface area contributed by atoms with Crippen molar-refractivity contribution in [3.8, 4) is 6.07 Å². The lowest BCUT2D eigenvalue weighted by atomic mass is 9.85. The van der Waals surface area contributed by atoms with Gasteiger partial charge in [-0.2, -0.15) is 5.26 Å². The summed E-state index contributed by atoms with van der Waals surface area (Å²) in [5, 5.41) is 15.4. The van der Waals surface area contributed by atoms with Crippen molar-refractivity contribution in [3.05, 3.63) is 35.9 Å². The van der Waals surface area contributed by atoms with Gasteiger partial charge in [0.15, 0.2) is 0 Å². The summed E-state index contributed by atoms with van der Waals surface area (Å²) in [6.07, 6.45) is 4.69. The van der Waals surface area contributed by atoms with Gasteiger partial charge in [0.25, 0.3) is 0 Å². The van der Waals surface area contributed by atoms with Crippen LogP contribution in [0.4, 0.5) is 4.79 Å². The van der Waals surface area contributed by atoms with E-state index >= 15 is 0 Å². The normalized spacial score (nSPS) is 26.8. The molecule has 3 rings (SSSR count). The maximum absolute atomic E-state index is 12.6. The van der Waals surface area contributed by atoms with Crippen molar-refractivity contribution in [1.82, 2.24) is 15.5 Å². The molecule has 1 aliphatic heterocycles. The van der Waals surface area contributed by atoms with Crippen LogP contribution in [0.15, 0.2) is 30.3 Å². The molecule has 1 aromatic rings. The van der Waals surface area contributed by atoms with Crippen LogP contribution in [0.3, 0.4) is 0 Å². The molecule has 152 valence electrons. The second-order valence-electron chi connectivity index (χ2n) is 7.89. The number of morpholine rings is 1. The van der Waals surface area contributed by atoms with Crippen molar-refractivity contribution in [3.63, 3.8) is 0 Å². The first-order valence-corrected chi connectivity index (χ1v) is 10.5. The summed E-state index contributed by atoms with van der Waals surface area (Å²) in [6.45, 7) is 5.35. The Hall–Kier alpha value is -2.10. The van der Waals surface area contributed by atoms with Crippen molar-refractivity contribution in [2.45, 2.75) is 63.8 Å². The minimum Gasteiger partial charge on any atom is -0.373 e. The van der Waals surface area contributed by atoms with E-state index in [0.29, 0.717) is 6.61 Å². The highest BCUT2D eigenvalue weighted by Gasteiger charge is 2.30. The van der Waals surface area contributed by atoms with Gasteiger partial charge in [0.1, 0.15) is 0 Å². The van der Waals surface area contributed by atoms with E-state index in [1.807, 2.05) is 6.07 Å². The lowest BCUT2D eigenvalue weighted by molar-refractivity contribution is -0.0477. The maximum Gasteiger partial charge on any atom is 0.315 e. The molecule has 0 radical (unpaired) electrons. The number of nitrogens with one attached hydrogen (secondary N) is 2. The summed E-state index contributed by atoms with van der Waals surface area (Å²) < 4.78 is 6.00. The zero-order chi connectivity index (χ0) is 19.8. The van der Waals surface area contributed by atoms with Gasteiger partial charge < -0.3 is 15.4 Å². The van der Waals surface area contributed by atoms with Gasteiger partial charge in [-0.25, -0.2) is 4.79 Å². The van der Waals surface area contributed by atoms with Crippen LogP contribution in [0.1, 0.15) is 44.6 Å². The molecule has 2 aliphatic rings. The molecule has 2 fully saturated rings. The fourth-order valence-corrected chi connectivity index (χ4v) is 4.25. The molecule has 4 atom stereocenters. The number of rotatable bonds is 6. The number of carbonyl (C=O) groups is 1. The van der Waals surface area contributed by atoms with E-state index in [1.54, 1.807) is 0 Å². The zero-order valence-electron chi connectivity index (χ0n) is 16.8. The van der Waals surface area contributed by atoms with Crippen molar-refractivity contribution in [2.75, 3.05) is 19.7 Å². The minimum absolute atomic E-state index is 0.0219. The average molecular weight is 385 g/mol. The van der Waals surface area contributed by atoms with E-state index < -0.39 is 0 Å². The number of hydrogen-bond donors (Lipinski definition) is 2. The molecule has 28 heavy (non-hydrogen) atoms. The van der Waals surface area contributed by atoms with Crippen molar-refractivity contribution in [2.24, 2.45) is 5.92 Å². The molecule has 1 aromatic carbocycles. The molecular formula is C22H32N4O2. The molecule has 1 saturated heterocycles. The molecule has 4 unspecified atom stereocenters. The van der Waals surface area contributed by atoms with E-state index in [4.69, 9.17) is 4.74 Å². The Bertz CT molecular complexity index is 660. The largest absolute Gasteiger partial charge is 0.373 e. The van der Waals surface area contributed by atoms with Gasteiger partial charge in [-0.3, -0.25) is 4.90 Å². The van der Waals surface area contributed by atoms with Gasteiger partial charge in [0.2, 0.25) is 0 Å². The van der Waals surface area contributed by atoms with Gasteiger partial charge >= 0.3 is 6.03 Å². The van der Waals surface area contributed by atoms with E-state index in [1.165, 1.54) is 5.56 Å². The van der Waals surface area contributed by atoms with Crippen molar-refractivity contribution in [1.29, 1.82) is 5.26 Å². The summed E-state index contributed by atoms with van der Waals surface area (Å²) in [5.41, 5.74) is 1.29. The Morgan fingerprint density at radius 3 is 2.86 bits per heavy atom. The molecule has 1 heterocycles. The highest BCUT2D eigenvalue weighted by atomic mass is 16.5. The van der Waals surface area contributed by atoms with Crippen LogP contribution >= 0.6 is 0 Å². The van der Waals surface area contributed by atoms with Crippen LogP contribution in [0.2, 0.25) is 0 Å². The highest BCUT2D eigenvalue weighted by Crippen LogP contribution is 2.23. The molecule has 6 heteroatoms. The number of nitrogens with zero attached hydrogens (tertiary/aromatic N) is 2. The predicted octanol–water partition coefficient (Wildman–Crippen LogP) is 3.05. The second-order valence-corrected chi connectivity index (χ2v) is 7.89. The summed E-state index contributed by atoms with van der Waals surface area (Å²) >= 11 is 0. The molecule has 1 aliphatic carbocycles. The molecule has 2 amide bonds. The van der Waals surface area contributed by atoms with E-state index in [0.717, 1.165) is 51.7 Å². The van der Waals surface area contributed by atoms with Gasteiger partial charge in [-0.05, 0) is 24.8 Å². The summed E-state index contributed by atoms with van der Waals surface area (Å²) in [5.74, 6) is -0.0770. The summed E-state index contributed by atoms with van der Waals surface area (Å²) in [6, 6.07) is 12.5. The summed E-state index contributed by atoms with van der Waals surface area (Å²) in [7, 11) is 0. The topological polar surface area (TPSA) is 77.4 Å². The van der Waals surface area contributed by atoms with Crippen LogP contribution in [-0.2, 0) is 11.3 Å². The first kappa shape index (κ1) is 20.6. The maximum atomic E-state index is 12.6. The monoisotopic (exact) mass is 384 g/mol. The second kappa shape index (κ2) is 10.4.